The number of aryl methyl sites for hydroxylation is 1. The van der Waals surface area contributed by atoms with E-state index in [-0.39, 0.29) is 24.8 Å². The highest BCUT2D eigenvalue weighted by molar-refractivity contribution is 5.91. The van der Waals surface area contributed by atoms with Gasteiger partial charge < -0.3 is 19.5 Å². The summed E-state index contributed by atoms with van der Waals surface area (Å²) in [4.78, 5) is 9.68. The number of hydrogen-bond acceptors (Lipinski definition) is 6. The number of fused-ring (bicyclic) bond motifs is 2. The monoisotopic (exact) mass is 517 g/mol. The van der Waals surface area contributed by atoms with Crippen molar-refractivity contribution in [2.75, 3.05) is 32.7 Å². The van der Waals surface area contributed by atoms with Crippen LogP contribution < -0.4 is 19.5 Å². The highest BCUT2D eigenvalue weighted by atomic mass is 35.5. The molecule has 35 heavy (non-hydrogen) atoms. The first-order chi connectivity index (χ1) is 16.1. The SMILES string of the molecule is CCNc1nc2ccc(OCC)cc2cc1Cc1cnc(CC)c2cc(OC)c(OC)cc12.Cl.Cl. The number of aromatic nitrogens is 2. The zero-order valence-electron chi connectivity index (χ0n) is 20.8. The number of nitrogens with zero attached hydrogens (tertiary/aromatic N) is 2. The van der Waals surface area contributed by atoms with Crippen LogP contribution in [0.1, 0.15) is 37.6 Å². The first-order valence-corrected chi connectivity index (χ1v) is 11.4. The molecule has 1 N–H and O–H groups in total. The minimum absolute atomic E-state index is 0. The lowest BCUT2D eigenvalue weighted by atomic mass is 9.97. The third-order valence-corrected chi connectivity index (χ3v) is 5.79. The summed E-state index contributed by atoms with van der Waals surface area (Å²) in [5.74, 6) is 3.17. The molecule has 0 aliphatic heterocycles. The van der Waals surface area contributed by atoms with Crippen molar-refractivity contribution in [2.24, 2.45) is 0 Å². The molecular weight excluding hydrogens is 485 g/mol. The number of hydrogen-bond donors (Lipinski definition) is 1. The van der Waals surface area contributed by atoms with E-state index in [4.69, 9.17) is 24.2 Å². The molecule has 188 valence electrons. The molecule has 0 fully saturated rings. The van der Waals surface area contributed by atoms with Gasteiger partial charge in [-0.05, 0) is 73.2 Å². The Morgan fingerprint density at radius 1 is 0.857 bits per heavy atom. The number of rotatable bonds is 9. The van der Waals surface area contributed by atoms with Crippen molar-refractivity contribution in [1.82, 2.24) is 9.97 Å². The summed E-state index contributed by atoms with van der Waals surface area (Å²) in [5.41, 5.74) is 4.21. The number of nitrogens with one attached hydrogen (secondary N) is 1. The molecule has 8 heteroatoms. The smallest absolute Gasteiger partial charge is 0.161 e. The Labute approximate surface area is 219 Å². The highest BCUT2D eigenvalue weighted by Gasteiger charge is 2.15. The molecule has 6 nitrogen and oxygen atoms in total. The molecule has 4 aromatic rings. The molecule has 2 aromatic carbocycles. The van der Waals surface area contributed by atoms with Gasteiger partial charge in [0, 0.05) is 35.6 Å². The van der Waals surface area contributed by atoms with Crippen molar-refractivity contribution in [1.29, 1.82) is 0 Å². The third kappa shape index (κ3) is 5.82. The maximum atomic E-state index is 5.70. The van der Waals surface area contributed by atoms with Gasteiger partial charge in [-0.3, -0.25) is 4.98 Å². The summed E-state index contributed by atoms with van der Waals surface area (Å²) in [6.45, 7) is 7.61. The van der Waals surface area contributed by atoms with E-state index >= 15 is 0 Å². The second-order valence-electron chi connectivity index (χ2n) is 7.83. The van der Waals surface area contributed by atoms with Gasteiger partial charge in [0.1, 0.15) is 11.6 Å². The van der Waals surface area contributed by atoms with Crippen LogP contribution in [0.25, 0.3) is 21.7 Å². The van der Waals surface area contributed by atoms with Crippen LogP contribution in [0, 0.1) is 0 Å². The van der Waals surface area contributed by atoms with E-state index in [0.717, 1.165) is 63.0 Å². The van der Waals surface area contributed by atoms with Crippen LogP contribution >= 0.6 is 24.8 Å². The van der Waals surface area contributed by atoms with Gasteiger partial charge >= 0.3 is 0 Å². The second-order valence-corrected chi connectivity index (χ2v) is 7.83. The minimum Gasteiger partial charge on any atom is -0.494 e. The molecule has 0 atom stereocenters. The van der Waals surface area contributed by atoms with Gasteiger partial charge in [-0.25, -0.2) is 4.98 Å². The molecule has 0 spiro atoms. The Kier molecular flexibility index (Phi) is 10.2. The molecule has 2 heterocycles. The Balaban J connectivity index is 0.00000216. The van der Waals surface area contributed by atoms with E-state index in [9.17, 15) is 0 Å². The van der Waals surface area contributed by atoms with E-state index in [1.54, 1.807) is 14.2 Å². The first kappa shape index (κ1) is 28.3. The molecule has 4 rings (SSSR count). The Morgan fingerprint density at radius 3 is 2.20 bits per heavy atom. The zero-order valence-corrected chi connectivity index (χ0v) is 22.4. The third-order valence-electron chi connectivity index (χ3n) is 5.79. The topological polar surface area (TPSA) is 65.5 Å². The quantitative estimate of drug-likeness (QED) is 0.268. The number of halogens is 2. The van der Waals surface area contributed by atoms with Crippen LogP contribution in [0.4, 0.5) is 5.82 Å². The fourth-order valence-corrected chi connectivity index (χ4v) is 4.22. The van der Waals surface area contributed by atoms with E-state index in [1.165, 1.54) is 0 Å². The Morgan fingerprint density at radius 2 is 1.57 bits per heavy atom. The minimum atomic E-state index is 0. The van der Waals surface area contributed by atoms with Crippen LogP contribution in [0.15, 0.2) is 42.6 Å². The second kappa shape index (κ2) is 12.7. The maximum Gasteiger partial charge on any atom is 0.161 e. The van der Waals surface area contributed by atoms with Gasteiger partial charge in [-0.15, -0.1) is 24.8 Å². The predicted molar refractivity (Wildman–Crippen MR) is 149 cm³/mol. The summed E-state index contributed by atoms with van der Waals surface area (Å²) < 4.78 is 16.8. The van der Waals surface area contributed by atoms with Crippen LogP contribution in [-0.2, 0) is 12.8 Å². The van der Waals surface area contributed by atoms with Gasteiger partial charge in [-0.1, -0.05) is 6.92 Å². The largest absolute Gasteiger partial charge is 0.494 e. The normalized spacial score (nSPS) is 10.4. The average molecular weight is 518 g/mol. The van der Waals surface area contributed by atoms with E-state index in [0.29, 0.717) is 24.5 Å². The number of methoxy groups -OCH3 is 2. The standard InChI is InChI=1S/C27H31N3O3.2ClH/c1-6-23-22-15-26(32-5)25(31-4)14-21(22)19(16-29-23)12-18-11-17-13-20(33-8-3)9-10-24(17)30-27(18)28-7-2;;/h9-11,13-16H,6-8,12H2,1-5H3,(H,28,30);2*1H. The average Bonchev–Trinajstić information content (AvgIpc) is 2.84. The summed E-state index contributed by atoms with van der Waals surface area (Å²) in [6.07, 6.45) is 3.50. The van der Waals surface area contributed by atoms with Crippen LogP contribution in [0.5, 0.6) is 17.2 Å². The number of pyridine rings is 2. The highest BCUT2D eigenvalue weighted by Crippen LogP contribution is 2.36. The zero-order chi connectivity index (χ0) is 23.4. The Hall–Kier alpha value is -2.96. The Bertz CT molecular complexity index is 1300. The van der Waals surface area contributed by atoms with Crippen molar-refractivity contribution in [2.45, 2.75) is 33.6 Å². The van der Waals surface area contributed by atoms with E-state index < -0.39 is 0 Å². The van der Waals surface area contributed by atoms with Gasteiger partial charge in [0.05, 0.1) is 26.3 Å². The molecule has 2 aromatic heterocycles. The number of ether oxygens (including phenoxy) is 3. The van der Waals surface area contributed by atoms with Crippen molar-refractivity contribution < 1.29 is 14.2 Å². The van der Waals surface area contributed by atoms with Gasteiger partial charge in [0.2, 0.25) is 0 Å². The fraction of sp³-hybridized carbons (Fsp3) is 0.333. The first-order valence-electron chi connectivity index (χ1n) is 11.4. The van der Waals surface area contributed by atoms with Crippen LogP contribution in [0.2, 0.25) is 0 Å². The summed E-state index contributed by atoms with van der Waals surface area (Å²) in [6, 6.07) is 12.3. The molecule has 0 amide bonds. The summed E-state index contributed by atoms with van der Waals surface area (Å²) in [5, 5.41) is 6.69. The fourth-order valence-electron chi connectivity index (χ4n) is 4.22. The van der Waals surface area contributed by atoms with E-state index in [1.807, 2.05) is 31.3 Å². The predicted octanol–water partition coefficient (Wildman–Crippen LogP) is 6.63. The molecule has 0 saturated heterocycles. The summed E-state index contributed by atoms with van der Waals surface area (Å²) in [7, 11) is 3.32. The number of benzene rings is 2. The van der Waals surface area contributed by atoms with Crippen molar-refractivity contribution in [3.8, 4) is 17.2 Å². The van der Waals surface area contributed by atoms with Crippen molar-refractivity contribution >= 4 is 52.3 Å². The van der Waals surface area contributed by atoms with Gasteiger partial charge in [0.15, 0.2) is 11.5 Å². The lowest BCUT2D eigenvalue weighted by Crippen LogP contribution is -2.05. The lowest BCUT2D eigenvalue weighted by molar-refractivity contribution is 0.340. The molecule has 0 aliphatic rings. The summed E-state index contributed by atoms with van der Waals surface area (Å²) >= 11 is 0. The van der Waals surface area contributed by atoms with Crippen LogP contribution in [-0.4, -0.2) is 37.3 Å². The molecule has 0 aliphatic carbocycles. The van der Waals surface area contributed by atoms with Crippen LogP contribution in [0.3, 0.4) is 0 Å². The van der Waals surface area contributed by atoms with E-state index in [2.05, 4.69) is 37.4 Å². The number of anilines is 1. The van der Waals surface area contributed by atoms with Gasteiger partial charge in [-0.2, -0.15) is 0 Å². The van der Waals surface area contributed by atoms with Crippen molar-refractivity contribution in [3.05, 3.63) is 59.4 Å². The molecule has 0 saturated carbocycles. The molecule has 0 bridgehead atoms. The van der Waals surface area contributed by atoms with Crippen molar-refractivity contribution in [3.63, 3.8) is 0 Å². The van der Waals surface area contributed by atoms with Gasteiger partial charge in [0.25, 0.3) is 0 Å². The maximum absolute atomic E-state index is 5.70. The molecule has 0 unspecified atom stereocenters. The molecule has 0 radical (unpaired) electrons. The molecular formula is C27H33Cl2N3O3. The lowest BCUT2D eigenvalue weighted by Gasteiger charge is -2.16.